The van der Waals surface area contributed by atoms with Crippen molar-refractivity contribution in [1.82, 2.24) is 10.3 Å². The number of methoxy groups -OCH3 is 1. The Kier molecular flexibility index (Phi) is 6.11. The number of benzene rings is 2. The number of carboxylic acids is 1. The molecule has 2 heterocycles. The molecule has 0 spiro atoms. The van der Waals surface area contributed by atoms with Crippen LogP contribution in [0, 0.1) is 6.92 Å². The van der Waals surface area contributed by atoms with Gasteiger partial charge in [0.2, 0.25) is 5.91 Å². The Morgan fingerprint density at radius 3 is 2.73 bits per heavy atom. The second-order valence-corrected chi connectivity index (χ2v) is 8.08. The van der Waals surface area contributed by atoms with Gasteiger partial charge < -0.3 is 24.6 Å². The molecule has 9 heteroatoms. The predicted molar refractivity (Wildman–Crippen MR) is 124 cm³/mol. The van der Waals surface area contributed by atoms with Gasteiger partial charge in [0.1, 0.15) is 17.4 Å². The molecule has 1 atom stereocenters. The molecule has 1 amide bonds. The van der Waals surface area contributed by atoms with E-state index in [2.05, 4.69) is 10.3 Å². The van der Waals surface area contributed by atoms with Gasteiger partial charge in [0.05, 0.1) is 24.1 Å². The Morgan fingerprint density at radius 2 is 2.00 bits per heavy atom. The number of halogens is 1. The van der Waals surface area contributed by atoms with Crippen LogP contribution >= 0.6 is 11.6 Å². The molecule has 0 saturated carbocycles. The van der Waals surface area contributed by atoms with Gasteiger partial charge in [-0.15, -0.1) is 0 Å². The highest BCUT2D eigenvalue weighted by Crippen LogP contribution is 2.31. The number of hydrogen-bond donors (Lipinski definition) is 3. The fourth-order valence-corrected chi connectivity index (χ4v) is 4.12. The number of fused-ring (bicyclic) bond motifs is 2. The van der Waals surface area contributed by atoms with E-state index in [9.17, 15) is 19.5 Å². The van der Waals surface area contributed by atoms with Gasteiger partial charge in [-0.1, -0.05) is 29.8 Å². The van der Waals surface area contributed by atoms with Crippen LogP contribution in [0.2, 0.25) is 5.02 Å². The maximum absolute atomic E-state index is 12.7. The lowest BCUT2D eigenvalue weighted by Crippen LogP contribution is -2.43. The summed E-state index contributed by atoms with van der Waals surface area (Å²) in [7, 11) is 1.45. The minimum absolute atomic E-state index is 0.0891. The van der Waals surface area contributed by atoms with E-state index in [4.69, 9.17) is 20.8 Å². The molecule has 1 unspecified atom stereocenters. The number of H-pyrrole nitrogens is 1. The molecule has 2 aromatic heterocycles. The molecule has 33 heavy (non-hydrogen) atoms. The number of rotatable bonds is 7. The van der Waals surface area contributed by atoms with Gasteiger partial charge in [-0.05, 0) is 30.2 Å². The molecule has 4 aromatic rings. The SMILES string of the molecule is COc1cc2oc(=O)c(CC(=O)NC(Cc3c[nH]c4ccccc34)C(=O)O)c(C)c2cc1Cl. The van der Waals surface area contributed by atoms with Gasteiger partial charge in [0.15, 0.2) is 0 Å². The Morgan fingerprint density at radius 1 is 1.24 bits per heavy atom. The summed E-state index contributed by atoms with van der Waals surface area (Å²) in [6.07, 6.45) is 1.49. The zero-order chi connectivity index (χ0) is 23.7. The summed E-state index contributed by atoms with van der Waals surface area (Å²) < 4.78 is 10.5. The number of aliphatic carboxylic acids is 1. The third-order valence-electron chi connectivity index (χ3n) is 5.63. The summed E-state index contributed by atoms with van der Waals surface area (Å²) in [6, 6.07) is 9.45. The van der Waals surface area contributed by atoms with Gasteiger partial charge in [0.25, 0.3) is 0 Å². The van der Waals surface area contributed by atoms with E-state index in [1.165, 1.54) is 13.2 Å². The molecule has 0 saturated heterocycles. The quantitative estimate of drug-likeness (QED) is 0.356. The molecule has 0 fully saturated rings. The summed E-state index contributed by atoms with van der Waals surface area (Å²) in [6.45, 7) is 1.69. The molecule has 0 radical (unpaired) electrons. The van der Waals surface area contributed by atoms with E-state index in [1.807, 2.05) is 24.3 Å². The minimum Gasteiger partial charge on any atom is -0.495 e. The van der Waals surface area contributed by atoms with Crippen LogP contribution in [0.5, 0.6) is 5.75 Å². The number of amides is 1. The molecule has 0 aliphatic rings. The van der Waals surface area contributed by atoms with E-state index in [0.29, 0.717) is 21.7 Å². The maximum Gasteiger partial charge on any atom is 0.340 e. The Balaban J connectivity index is 1.57. The van der Waals surface area contributed by atoms with E-state index in [-0.39, 0.29) is 24.0 Å². The van der Waals surface area contributed by atoms with E-state index >= 15 is 0 Å². The molecular weight excluding hydrogens is 448 g/mol. The van der Waals surface area contributed by atoms with E-state index in [1.54, 1.807) is 19.2 Å². The van der Waals surface area contributed by atoms with Crippen molar-refractivity contribution in [1.29, 1.82) is 0 Å². The molecule has 170 valence electrons. The second kappa shape index (κ2) is 8.99. The Bertz CT molecular complexity index is 1440. The van der Waals surface area contributed by atoms with Crippen molar-refractivity contribution in [3.63, 3.8) is 0 Å². The van der Waals surface area contributed by atoms with Gasteiger partial charge in [-0.2, -0.15) is 0 Å². The maximum atomic E-state index is 12.7. The van der Waals surface area contributed by atoms with Crippen molar-refractivity contribution in [2.45, 2.75) is 25.8 Å². The van der Waals surface area contributed by atoms with E-state index in [0.717, 1.165) is 16.5 Å². The molecule has 2 aromatic carbocycles. The first-order valence-electron chi connectivity index (χ1n) is 10.2. The number of para-hydroxylation sites is 1. The zero-order valence-corrected chi connectivity index (χ0v) is 18.7. The Hall–Kier alpha value is -3.78. The number of carboxylic acid groups (broad SMARTS) is 1. The van der Waals surface area contributed by atoms with E-state index < -0.39 is 23.5 Å². The number of carbonyl (C=O) groups excluding carboxylic acids is 1. The van der Waals surface area contributed by atoms with Crippen molar-refractivity contribution >= 4 is 45.3 Å². The van der Waals surface area contributed by atoms with Gasteiger partial charge in [-0.25, -0.2) is 9.59 Å². The predicted octanol–water partition coefficient (Wildman–Crippen LogP) is 3.60. The average molecular weight is 469 g/mol. The largest absolute Gasteiger partial charge is 0.495 e. The second-order valence-electron chi connectivity index (χ2n) is 7.67. The van der Waals surface area contributed by atoms with Crippen LogP contribution in [0.25, 0.3) is 21.9 Å². The van der Waals surface area contributed by atoms with Gasteiger partial charge >= 0.3 is 11.6 Å². The number of hydrogen-bond acceptors (Lipinski definition) is 5. The normalized spacial score (nSPS) is 12.1. The lowest BCUT2D eigenvalue weighted by Gasteiger charge is -2.15. The molecule has 0 aliphatic carbocycles. The number of carbonyl (C=O) groups is 2. The van der Waals surface area contributed by atoms with Crippen LogP contribution in [0.15, 0.2) is 51.8 Å². The molecule has 0 bridgehead atoms. The molecular formula is C24H21ClN2O6. The first-order chi connectivity index (χ1) is 15.8. The number of ether oxygens (including phenoxy) is 1. The number of aromatic amines is 1. The fraction of sp³-hybridized carbons (Fsp3) is 0.208. The fourth-order valence-electron chi connectivity index (χ4n) is 3.88. The van der Waals surface area contributed by atoms with Crippen LogP contribution in [0.3, 0.4) is 0 Å². The lowest BCUT2D eigenvalue weighted by molar-refractivity contribution is -0.141. The average Bonchev–Trinajstić information content (AvgIpc) is 3.19. The third-order valence-corrected chi connectivity index (χ3v) is 5.92. The summed E-state index contributed by atoms with van der Waals surface area (Å²) in [5.74, 6) is -1.41. The standard InChI is InChI=1S/C24H21ClN2O6/c1-12-15-8-17(25)21(32-2)10-20(15)33-24(31)16(12)9-22(28)27-19(23(29)30)7-13-11-26-18-6-4-3-5-14(13)18/h3-6,8,10-11,19,26H,7,9H2,1-2H3,(H,27,28)(H,29,30). The van der Waals surface area contributed by atoms with Crippen LogP contribution in [0.1, 0.15) is 16.7 Å². The Labute approximate surface area is 193 Å². The number of aromatic nitrogens is 1. The third kappa shape index (κ3) is 4.42. The van der Waals surface area contributed by atoms with Crippen LogP contribution in [-0.2, 0) is 22.4 Å². The van der Waals surface area contributed by atoms with Crippen LogP contribution in [-0.4, -0.2) is 35.1 Å². The highest BCUT2D eigenvalue weighted by Gasteiger charge is 2.24. The van der Waals surface area contributed by atoms with Crippen molar-refractivity contribution in [3.8, 4) is 5.75 Å². The van der Waals surface area contributed by atoms with Crippen LogP contribution in [0.4, 0.5) is 0 Å². The zero-order valence-electron chi connectivity index (χ0n) is 17.9. The summed E-state index contributed by atoms with van der Waals surface area (Å²) in [5.41, 5.74) is 1.92. The highest BCUT2D eigenvalue weighted by atomic mass is 35.5. The van der Waals surface area contributed by atoms with Crippen molar-refractivity contribution in [3.05, 3.63) is 74.7 Å². The number of nitrogens with one attached hydrogen (secondary N) is 2. The van der Waals surface area contributed by atoms with Crippen molar-refractivity contribution in [2.24, 2.45) is 0 Å². The first kappa shape index (κ1) is 22.4. The summed E-state index contributed by atoms with van der Waals surface area (Å²) >= 11 is 6.19. The lowest BCUT2D eigenvalue weighted by atomic mass is 10.0. The highest BCUT2D eigenvalue weighted by molar-refractivity contribution is 6.32. The summed E-state index contributed by atoms with van der Waals surface area (Å²) in [4.78, 5) is 40.2. The molecule has 8 nitrogen and oxygen atoms in total. The van der Waals surface area contributed by atoms with Gasteiger partial charge in [0, 0.05) is 35.0 Å². The van der Waals surface area contributed by atoms with Crippen molar-refractivity contribution in [2.75, 3.05) is 7.11 Å². The minimum atomic E-state index is -1.17. The topological polar surface area (TPSA) is 122 Å². The first-order valence-corrected chi connectivity index (χ1v) is 10.5. The summed E-state index contributed by atoms with van der Waals surface area (Å²) in [5, 5.41) is 14.0. The van der Waals surface area contributed by atoms with Crippen molar-refractivity contribution < 1.29 is 23.8 Å². The smallest absolute Gasteiger partial charge is 0.340 e. The number of aryl methyl sites for hydroxylation is 1. The van der Waals surface area contributed by atoms with Crippen LogP contribution < -0.4 is 15.7 Å². The monoisotopic (exact) mass is 468 g/mol. The molecule has 0 aliphatic heterocycles. The molecule has 3 N–H and O–H groups in total. The van der Waals surface area contributed by atoms with Gasteiger partial charge in [-0.3, -0.25) is 4.79 Å². The molecule has 4 rings (SSSR count).